The Morgan fingerprint density at radius 2 is 1.93 bits per heavy atom. The fourth-order valence-corrected chi connectivity index (χ4v) is 3.54. The van der Waals surface area contributed by atoms with Gasteiger partial charge in [-0.3, -0.25) is 9.69 Å². The quantitative estimate of drug-likeness (QED) is 0.571. The summed E-state index contributed by atoms with van der Waals surface area (Å²) in [5.41, 5.74) is 2.92. The molecule has 0 saturated carbocycles. The average molecular weight is 398 g/mol. The van der Waals surface area contributed by atoms with Crippen LogP contribution in [0.4, 0.5) is 15.2 Å². The molecule has 0 atom stereocenters. The maximum atomic E-state index is 14.1. The third-order valence-corrected chi connectivity index (χ3v) is 4.98. The highest BCUT2D eigenvalue weighted by molar-refractivity contribution is 7.14. The Balaban J connectivity index is 1.76. The maximum Gasteiger partial charge on any atom is 0.338 e. The molecule has 5 nitrogen and oxygen atoms in total. The Kier molecular flexibility index (Phi) is 5.84. The monoisotopic (exact) mass is 398 g/mol. The minimum absolute atomic E-state index is 0.0360. The summed E-state index contributed by atoms with van der Waals surface area (Å²) in [5.74, 6) is -1.32. The second-order valence-corrected chi connectivity index (χ2v) is 7.16. The molecule has 1 heterocycles. The van der Waals surface area contributed by atoms with Gasteiger partial charge in [0.25, 0.3) is 0 Å². The Labute approximate surface area is 166 Å². The summed E-state index contributed by atoms with van der Waals surface area (Å²) < 4.78 is 19.5. The number of aromatic nitrogens is 1. The highest BCUT2D eigenvalue weighted by Gasteiger charge is 2.21. The van der Waals surface area contributed by atoms with E-state index in [1.54, 1.807) is 23.6 Å². The van der Waals surface area contributed by atoms with E-state index in [0.29, 0.717) is 16.4 Å². The van der Waals surface area contributed by atoms with Gasteiger partial charge in [0, 0.05) is 12.3 Å². The number of esters is 1. The molecule has 0 N–H and O–H groups in total. The van der Waals surface area contributed by atoms with Crippen molar-refractivity contribution in [3.05, 3.63) is 76.0 Å². The molecule has 0 unspecified atom stereocenters. The lowest BCUT2D eigenvalue weighted by molar-refractivity contribution is -0.115. The molecule has 1 amide bonds. The zero-order chi connectivity index (χ0) is 20.3. The number of para-hydroxylation sites is 1. The molecule has 1 aromatic heterocycles. The van der Waals surface area contributed by atoms with Gasteiger partial charge in [-0.1, -0.05) is 29.8 Å². The number of thiazole rings is 1. The van der Waals surface area contributed by atoms with Crippen molar-refractivity contribution in [2.75, 3.05) is 4.90 Å². The van der Waals surface area contributed by atoms with Crippen molar-refractivity contribution < 1.29 is 18.7 Å². The van der Waals surface area contributed by atoms with Crippen molar-refractivity contribution >= 4 is 34.0 Å². The Bertz CT molecular complexity index is 1030. The van der Waals surface area contributed by atoms with Gasteiger partial charge in [-0.25, -0.2) is 14.2 Å². The predicted molar refractivity (Wildman–Crippen MR) is 106 cm³/mol. The van der Waals surface area contributed by atoms with Crippen molar-refractivity contribution in [2.45, 2.75) is 27.4 Å². The molecule has 0 spiro atoms. The molecule has 0 aliphatic heterocycles. The number of anilines is 2. The van der Waals surface area contributed by atoms with E-state index in [1.165, 1.54) is 35.3 Å². The summed E-state index contributed by atoms with van der Waals surface area (Å²) in [6, 6.07) is 11.6. The smallest absolute Gasteiger partial charge is 0.338 e. The SMILES string of the molecule is CC(=O)N(c1nc(COC(=O)c2cc(C)ccc2C)cs1)c1ccccc1F. The summed E-state index contributed by atoms with van der Waals surface area (Å²) in [6.07, 6.45) is 0. The third-order valence-electron chi connectivity index (χ3n) is 4.10. The number of hydrogen-bond acceptors (Lipinski definition) is 5. The van der Waals surface area contributed by atoms with Crippen molar-refractivity contribution in [1.29, 1.82) is 0 Å². The summed E-state index contributed by atoms with van der Waals surface area (Å²) in [6.45, 7) is 5.05. The van der Waals surface area contributed by atoms with Crippen LogP contribution in [-0.4, -0.2) is 16.9 Å². The molecule has 3 rings (SSSR count). The highest BCUT2D eigenvalue weighted by Crippen LogP contribution is 2.31. The van der Waals surface area contributed by atoms with Gasteiger partial charge in [0.2, 0.25) is 5.91 Å². The van der Waals surface area contributed by atoms with Crippen molar-refractivity contribution in [2.24, 2.45) is 0 Å². The second kappa shape index (κ2) is 8.31. The van der Waals surface area contributed by atoms with Gasteiger partial charge in [0.05, 0.1) is 16.9 Å². The minimum atomic E-state index is -0.518. The number of benzene rings is 2. The van der Waals surface area contributed by atoms with E-state index < -0.39 is 11.8 Å². The normalized spacial score (nSPS) is 10.6. The second-order valence-electron chi connectivity index (χ2n) is 6.32. The molecule has 2 aromatic carbocycles. The van der Waals surface area contributed by atoms with E-state index in [9.17, 15) is 14.0 Å². The molecular weight excluding hydrogens is 379 g/mol. The fourth-order valence-electron chi connectivity index (χ4n) is 2.68. The molecule has 7 heteroatoms. The number of hydrogen-bond donors (Lipinski definition) is 0. The first kappa shape index (κ1) is 19.7. The Hall–Kier alpha value is -3.06. The number of aryl methyl sites for hydroxylation is 2. The van der Waals surface area contributed by atoms with Gasteiger partial charge in [-0.15, -0.1) is 11.3 Å². The lowest BCUT2D eigenvalue weighted by Crippen LogP contribution is -2.23. The van der Waals surface area contributed by atoms with E-state index >= 15 is 0 Å². The van der Waals surface area contributed by atoms with Gasteiger partial charge >= 0.3 is 5.97 Å². The van der Waals surface area contributed by atoms with E-state index in [-0.39, 0.29) is 18.2 Å². The van der Waals surface area contributed by atoms with Crippen LogP contribution in [0.15, 0.2) is 47.8 Å². The van der Waals surface area contributed by atoms with Crippen molar-refractivity contribution in [3.63, 3.8) is 0 Å². The standard InChI is InChI=1S/C21H19FN2O3S/c1-13-8-9-14(2)17(10-13)20(26)27-11-16-12-28-21(23-16)24(15(3)25)19-7-5-4-6-18(19)22/h4-10,12H,11H2,1-3H3. The summed E-state index contributed by atoms with van der Waals surface area (Å²) in [5, 5.41) is 2.00. The van der Waals surface area contributed by atoms with E-state index in [4.69, 9.17) is 4.74 Å². The molecular formula is C21H19FN2O3S. The van der Waals surface area contributed by atoms with E-state index in [0.717, 1.165) is 11.1 Å². The number of ether oxygens (including phenoxy) is 1. The Morgan fingerprint density at radius 1 is 1.18 bits per heavy atom. The number of nitrogens with zero attached hydrogens (tertiary/aromatic N) is 2. The van der Waals surface area contributed by atoms with Crippen LogP contribution >= 0.6 is 11.3 Å². The van der Waals surface area contributed by atoms with Crippen LogP contribution in [0, 0.1) is 19.7 Å². The largest absolute Gasteiger partial charge is 0.456 e. The molecule has 0 aliphatic carbocycles. The van der Waals surface area contributed by atoms with E-state index in [2.05, 4.69) is 4.98 Å². The molecule has 3 aromatic rings. The maximum absolute atomic E-state index is 14.1. The van der Waals surface area contributed by atoms with Crippen LogP contribution in [0.1, 0.15) is 34.1 Å². The number of halogens is 1. The van der Waals surface area contributed by atoms with Crippen LogP contribution in [0.3, 0.4) is 0 Å². The summed E-state index contributed by atoms with van der Waals surface area (Å²) >= 11 is 1.18. The molecule has 0 radical (unpaired) electrons. The molecule has 0 aliphatic rings. The van der Waals surface area contributed by atoms with Crippen LogP contribution in [0.2, 0.25) is 0 Å². The van der Waals surface area contributed by atoms with Gasteiger partial charge in [0.15, 0.2) is 5.13 Å². The van der Waals surface area contributed by atoms with Crippen LogP contribution in [-0.2, 0) is 16.1 Å². The molecule has 28 heavy (non-hydrogen) atoms. The number of carbonyl (C=O) groups is 2. The van der Waals surface area contributed by atoms with Crippen LogP contribution in [0.5, 0.6) is 0 Å². The molecule has 144 valence electrons. The first-order valence-corrected chi connectivity index (χ1v) is 9.49. The predicted octanol–water partition coefficient (Wildman–Crippen LogP) is 4.94. The third kappa shape index (κ3) is 4.26. The molecule has 0 saturated heterocycles. The molecule has 0 fully saturated rings. The fraction of sp³-hybridized carbons (Fsp3) is 0.190. The van der Waals surface area contributed by atoms with Gasteiger partial charge in [-0.05, 0) is 37.6 Å². The molecule has 0 bridgehead atoms. The number of amides is 1. The first-order valence-electron chi connectivity index (χ1n) is 8.61. The number of carbonyl (C=O) groups excluding carboxylic acids is 2. The van der Waals surface area contributed by atoms with Gasteiger partial charge in [0.1, 0.15) is 12.4 Å². The lowest BCUT2D eigenvalue weighted by Gasteiger charge is -2.18. The van der Waals surface area contributed by atoms with Crippen molar-refractivity contribution in [3.8, 4) is 0 Å². The lowest BCUT2D eigenvalue weighted by atomic mass is 10.1. The zero-order valence-corrected chi connectivity index (χ0v) is 16.5. The van der Waals surface area contributed by atoms with Crippen LogP contribution in [0.25, 0.3) is 0 Å². The summed E-state index contributed by atoms with van der Waals surface area (Å²) in [7, 11) is 0. The average Bonchev–Trinajstić information content (AvgIpc) is 3.11. The van der Waals surface area contributed by atoms with Gasteiger partial charge < -0.3 is 4.74 Å². The highest BCUT2D eigenvalue weighted by atomic mass is 32.1. The van der Waals surface area contributed by atoms with Gasteiger partial charge in [-0.2, -0.15) is 0 Å². The minimum Gasteiger partial charge on any atom is -0.456 e. The van der Waals surface area contributed by atoms with Crippen LogP contribution < -0.4 is 4.90 Å². The topological polar surface area (TPSA) is 59.5 Å². The Morgan fingerprint density at radius 3 is 2.64 bits per heavy atom. The van der Waals surface area contributed by atoms with E-state index in [1.807, 2.05) is 26.0 Å². The first-order chi connectivity index (χ1) is 13.4. The zero-order valence-electron chi connectivity index (χ0n) is 15.7. The summed E-state index contributed by atoms with van der Waals surface area (Å²) in [4.78, 5) is 30.0. The number of rotatable bonds is 5. The van der Waals surface area contributed by atoms with Crippen molar-refractivity contribution in [1.82, 2.24) is 4.98 Å².